The first kappa shape index (κ1) is 31.8. The Morgan fingerprint density at radius 1 is 0.400 bits per heavy atom. The van der Waals surface area contributed by atoms with Gasteiger partial charge in [0.25, 0.3) is 0 Å². The molecule has 2 heteroatoms. The molecule has 1 aliphatic rings. The van der Waals surface area contributed by atoms with E-state index >= 15 is 0 Å². The van der Waals surface area contributed by atoms with Crippen LogP contribution in [-0.2, 0) is 11.8 Å². The molecule has 11 rings (SSSR count). The number of hydrogen-bond donors (Lipinski definition) is 0. The van der Waals surface area contributed by atoms with E-state index in [2.05, 4.69) is 204 Å². The van der Waals surface area contributed by atoms with E-state index in [1.807, 2.05) is 0 Å². The lowest BCUT2D eigenvalue weighted by molar-refractivity contribution is 0.757. The molecule has 1 aliphatic carbocycles. The van der Waals surface area contributed by atoms with Crippen molar-refractivity contribution in [2.75, 3.05) is 0 Å². The van der Waals surface area contributed by atoms with Gasteiger partial charge in [0.2, 0.25) is 0 Å². The van der Waals surface area contributed by atoms with E-state index in [1.54, 1.807) is 0 Å². The molecule has 2 nitrogen and oxygen atoms in total. The molecule has 0 atom stereocenters. The normalized spacial score (nSPS) is 13.2. The lowest BCUT2D eigenvalue weighted by Gasteiger charge is -2.35. The van der Waals surface area contributed by atoms with Gasteiger partial charge in [0, 0.05) is 32.9 Å². The highest BCUT2D eigenvalue weighted by molar-refractivity contribution is 6.10. The molecule has 55 heavy (non-hydrogen) atoms. The van der Waals surface area contributed by atoms with Gasteiger partial charge in [-0.15, -0.1) is 0 Å². The Kier molecular flexibility index (Phi) is 7.22. The van der Waals surface area contributed by atoms with Crippen LogP contribution in [0.4, 0.5) is 0 Å². The number of benzene rings is 8. The van der Waals surface area contributed by atoms with Crippen molar-refractivity contribution < 1.29 is 0 Å². The van der Waals surface area contributed by atoms with Gasteiger partial charge in [-0.05, 0) is 100 Å². The summed E-state index contributed by atoms with van der Waals surface area (Å²) in [6, 6.07) is 70.5. The minimum absolute atomic E-state index is 0.558. The van der Waals surface area contributed by atoms with Crippen LogP contribution in [0.1, 0.15) is 47.6 Å². The Labute approximate surface area is 321 Å². The molecule has 8 aromatic carbocycles. The van der Waals surface area contributed by atoms with Crippen LogP contribution in [0.2, 0.25) is 0 Å². The van der Waals surface area contributed by atoms with Gasteiger partial charge >= 0.3 is 0 Å². The van der Waals surface area contributed by atoms with Crippen molar-refractivity contribution in [2.24, 2.45) is 0 Å². The molecular weight excluding hydrogens is 665 g/mol. The number of nitrogens with zero attached hydrogens (tertiary/aromatic N) is 2. The van der Waals surface area contributed by atoms with Crippen LogP contribution in [0.3, 0.4) is 0 Å². The van der Waals surface area contributed by atoms with Crippen molar-refractivity contribution in [2.45, 2.75) is 31.6 Å². The number of aromatic nitrogens is 2. The first-order valence-corrected chi connectivity index (χ1v) is 19.7. The van der Waals surface area contributed by atoms with Crippen molar-refractivity contribution in [3.8, 4) is 22.5 Å². The van der Waals surface area contributed by atoms with Crippen molar-refractivity contribution in [1.29, 1.82) is 0 Å². The van der Waals surface area contributed by atoms with Crippen molar-refractivity contribution >= 4 is 43.6 Å². The van der Waals surface area contributed by atoms with E-state index in [9.17, 15) is 0 Å². The van der Waals surface area contributed by atoms with Crippen LogP contribution >= 0.6 is 0 Å². The lowest BCUT2D eigenvalue weighted by Crippen LogP contribution is -2.29. The van der Waals surface area contributed by atoms with Crippen LogP contribution in [0, 0.1) is 0 Å². The number of rotatable bonds is 7. The number of aryl methyl sites for hydroxylation is 1. The van der Waals surface area contributed by atoms with E-state index < -0.39 is 5.41 Å². The summed E-state index contributed by atoms with van der Waals surface area (Å²) in [6.45, 7) is 2.29. The zero-order chi connectivity index (χ0) is 36.5. The fourth-order valence-electron chi connectivity index (χ4n) is 9.81. The van der Waals surface area contributed by atoms with Crippen molar-refractivity contribution in [3.63, 3.8) is 0 Å². The quantitative estimate of drug-likeness (QED) is 0.156. The van der Waals surface area contributed by atoms with E-state index in [4.69, 9.17) is 0 Å². The molecule has 0 amide bonds. The standard InChI is InChI=1S/C53H40N2/c1-2-3-16-36-31-32-42-41-21-4-9-26-47(41)53(48(42)33-36,37-17-14-19-39(34-37)54-49-27-10-5-22-43(49)44-23-6-11-28-50(44)54)38-18-15-20-40(35-38)55-51-29-12-7-24-45(51)46-25-8-13-30-52(46)55/h4-15,17-35H,2-3,16H2,1H3. The smallest absolute Gasteiger partial charge is 0.0715 e. The third-order valence-electron chi connectivity index (χ3n) is 12.2. The van der Waals surface area contributed by atoms with Gasteiger partial charge in [-0.1, -0.05) is 153 Å². The van der Waals surface area contributed by atoms with Crippen LogP contribution in [-0.4, -0.2) is 9.13 Å². The Balaban J connectivity index is 1.23. The zero-order valence-electron chi connectivity index (χ0n) is 30.9. The Morgan fingerprint density at radius 3 is 1.36 bits per heavy atom. The first-order chi connectivity index (χ1) is 27.3. The predicted molar refractivity (Wildman–Crippen MR) is 231 cm³/mol. The third-order valence-corrected chi connectivity index (χ3v) is 12.2. The Hall–Kier alpha value is -6.64. The van der Waals surface area contributed by atoms with Crippen molar-refractivity contribution in [3.05, 3.63) is 216 Å². The van der Waals surface area contributed by atoms with Gasteiger partial charge in [-0.3, -0.25) is 0 Å². The summed E-state index contributed by atoms with van der Waals surface area (Å²) in [5.41, 5.74) is 15.9. The first-order valence-electron chi connectivity index (χ1n) is 19.7. The van der Waals surface area contributed by atoms with Gasteiger partial charge < -0.3 is 9.13 Å². The fourth-order valence-corrected chi connectivity index (χ4v) is 9.81. The summed E-state index contributed by atoms with van der Waals surface area (Å²) in [4.78, 5) is 0. The van der Waals surface area contributed by atoms with E-state index in [-0.39, 0.29) is 0 Å². The average Bonchev–Trinajstić information content (AvgIpc) is 3.87. The Bertz CT molecular complexity index is 2840. The molecule has 0 saturated heterocycles. The molecule has 0 saturated carbocycles. The molecule has 0 aliphatic heterocycles. The summed E-state index contributed by atoms with van der Waals surface area (Å²) in [7, 11) is 0. The Morgan fingerprint density at radius 2 is 0.855 bits per heavy atom. The summed E-state index contributed by atoms with van der Waals surface area (Å²) < 4.78 is 4.91. The van der Waals surface area contributed by atoms with Crippen molar-refractivity contribution in [1.82, 2.24) is 9.13 Å². The maximum Gasteiger partial charge on any atom is 0.0715 e. The van der Waals surface area contributed by atoms with E-state index in [0.29, 0.717) is 0 Å². The minimum atomic E-state index is -0.558. The molecule has 0 N–H and O–H groups in total. The fraction of sp³-hybridized carbons (Fsp3) is 0.0943. The predicted octanol–water partition coefficient (Wildman–Crippen LogP) is 13.6. The van der Waals surface area contributed by atoms with Gasteiger partial charge in [-0.2, -0.15) is 0 Å². The summed E-state index contributed by atoms with van der Waals surface area (Å²) in [6.07, 6.45) is 3.41. The highest BCUT2D eigenvalue weighted by atomic mass is 15.0. The number of unbranched alkanes of at least 4 members (excludes halogenated alkanes) is 1. The van der Waals surface area contributed by atoms with Gasteiger partial charge in [0.15, 0.2) is 0 Å². The van der Waals surface area contributed by atoms with E-state index in [0.717, 1.165) is 6.42 Å². The number of hydrogen-bond acceptors (Lipinski definition) is 0. The molecule has 0 fully saturated rings. The molecule has 0 spiro atoms. The summed E-state index contributed by atoms with van der Waals surface area (Å²) in [5.74, 6) is 0. The number of para-hydroxylation sites is 4. The summed E-state index contributed by atoms with van der Waals surface area (Å²) in [5, 5.41) is 5.09. The second-order valence-electron chi connectivity index (χ2n) is 15.1. The van der Waals surface area contributed by atoms with E-state index in [1.165, 1.54) is 107 Å². The molecule has 262 valence electrons. The maximum absolute atomic E-state index is 2.53. The monoisotopic (exact) mass is 704 g/mol. The van der Waals surface area contributed by atoms with Crippen LogP contribution in [0.5, 0.6) is 0 Å². The third kappa shape index (κ3) is 4.61. The summed E-state index contributed by atoms with van der Waals surface area (Å²) >= 11 is 0. The SMILES string of the molecule is CCCCc1ccc2c(c1)C(c1cccc(-n3c4ccccc4c4ccccc43)c1)(c1cccc(-n3c4ccccc4c4ccccc43)c1)c1ccccc1-2. The average molecular weight is 705 g/mol. The maximum atomic E-state index is 2.53. The van der Waals surface area contributed by atoms with Gasteiger partial charge in [0.1, 0.15) is 0 Å². The van der Waals surface area contributed by atoms with Gasteiger partial charge in [-0.25, -0.2) is 0 Å². The second-order valence-corrected chi connectivity index (χ2v) is 15.1. The minimum Gasteiger partial charge on any atom is -0.309 e. The largest absolute Gasteiger partial charge is 0.309 e. The highest BCUT2D eigenvalue weighted by Gasteiger charge is 2.46. The molecule has 0 unspecified atom stereocenters. The molecule has 0 radical (unpaired) electrons. The topological polar surface area (TPSA) is 9.86 Å². The zero-order valence-corrected chi connectivity index (χ0v) is 30.9. The molecular formula is C53H40N2. The highest BCUT2D eigenvalue weighted by Crippen LogP contribution is 2.57. The molecule has 10 aromatic rings. The molecule has 2 aromatic heterocycles. The second kappa shape index (κ2) is 12.5. The lowest BCUT2D eigenvalue weighted by atomic mass is 9.67. The van der Waals surface area contributed by atoms with Crippen LogP contribution in [0.15, 0.2) is 188 Å². The van der Waals surface area contributed by atoms with Crippen LogP contribution < -0.4 is 0 Å². The van der Waals surface area contributed by atoms with Crippen LogP contribution in [0.25, 0.3) is 66.1 Å². The number of fused-ring (bicyclic) bond motifs is 9. The van der Waals surface area contributed by atoms with Gasteiger partial charge in [0.05, 0.1) is 27.5 Å². The molecule has 0 bridgehead atoms. The molecule has 2 heterocycles.